The molecule has 3 N–H and O–H groups in total. The van der Waals surface area contributed by atoms with Gasteiger partial charge < -0.3 is 24.8 Å². The first-order valence-electron chi connectivity index (χ1n) is 12.6. The van der Waals surface area contributed by atoms with E-state index in [4.69, 9.17) is 9.47 Å². The highest BCUT2D eigenvalue weighted by Gasteiger charge is 2.39. The first-order chi connectivity index (χ1) is 14.7. The summed E-state index contributed by atoms with van der Waals surface area (Å²) >= 11 is 0. The van der Waals surface area contributed by atoms with Crippen LogP contribution in [0.5, 0.6) is 0 Å². The van der Waals surface area contributed by atoms with Crippen molar-refractivity contribution in [3.05, 3.63) is 12.2 Å². The van der Waals surface area contributed by atoms with Gasteiger partial charge in [0, 0.05) is 6.61 Å². The van der Waals surface area contributed by atoms with Crippen LogP contribution in [0.1, 0.15) is 103 Å². The number of aliphatic hydroxyl groups excluding tert-OH is 3. The fourth-order valence-corrected chi connectivity index (χ4v) is 3.96. The minimum atomic E-state index is -0.996. The summed E-state index contributed by atoms with van der Waals surface area (Å²) in [6, 6.07) is 0. The predicted octanol–water partition coefficient (Wildman–Crippen LogP) is 4.91. The van der Waals surface area contributed by atoms with Crippen molar-refractivity contribution in [2.24, 2.45) is 0 Å². The first-order valence-corrected chi connectivity index (χ1v) is 12.6. The summed E-state index contributed by atoms with van der Waals surface area (Å²) in [6.07, 6.45) is 20.7. The zero-order chi connectivity index (χ0) is 21.9. The van der Waals surface area contributed by atoms with Crippen molar-refractivity contribution < 1.29 is 24.8 Å². The van der Waals surface area contributed by atoms with E-state index in [-0.39, 0.29) is 13.2 Å². The normalized spacial score (nSPS) is 24.7. The van der Waals surface area contributed by atoms with Gasteiger partial charge >= 0.3 is 0 Å². The van der Waals surface area contributed by atoms with E-state index in [1.807, 2.05) is 0 Å². The number of hydrogen-bond acceptors (Lipinski definition) is 5. The topological polar surface area (TPSA) is 79.2 Å². The van der Waals surface area contributed by atoms with Gasteiger partial charge in [-0.25, -0.2) is 0 Å². The van der Waals surface area contributed by atoms with E-state index in [1.54, 1.807) is 0 Å². The molecule has 0 saturated carbocycles. The highest BCUT2D eigenvalue weighted by atomic mass is 16.6. The Hall–Kier alpha value is -0.460. The highest BCUT2D eigenvalue weighted by Crippen LogP contribution is 2.19. The van der Waals surface area contributed by atoms with Crippen LogP contribution in [0, 0.1) is 0 Å². The Morgan fingerprint density at radius 3 is 1.90 bits per heavy atom. The summed E-state index contributed by atoms with van der Waals surface area (Å²) in [5, 5.41) is 29.0. The van der Waals surface area contributed by atoms with Crippen molar-refractivity contribution >= 4 is 0 Å². The van der Waals surface area contributed by atoms with Crippen molar-refractivity contribution in [3.63, 3.8) is 0 Å². The molecular formula is C25H48O5. The minimum absolute atomic E-state index is 0.0394. The second-order valence-electron chi connectivity index (χ2n) is 8.74. The van der Waals surface area contributed by atoms with Gasteiger partial charge in [-0.3, -0.25) is 0 Å². The van der Waals surface area contributed by atoms with Crippen LogP contribution < -0.4 is 0 Å². The van der Waals surface area contributed by atoms with E-state index >= 15 is 0 Å². The third kappa shape index (κ3) is 13.1. The summed E-state index contributed by atoms with van der Waals surface area (Å²) in [4.78, 5) is 0. The Morgan fingerprint density at radius 1 is 0.800 bits per heavy atom. The maximum absolute atomic E-state index is 10.0. The Morgan fingerprint density at radius 2 is 1.33 bits per heavy atom. The molecule has 1 fully saturated rings. The third-order valence-corrected chi connectivity index (χ3v) is 5.97. The lowest BCUT2D eigenvalue weighted by Crippen LogP contribution is -2.55. The van der Waals surface area contributed by atoms with Crippen LogP contribution in [0.3, 0.4) is 0 Å². The van der Waals surface area contributed by atoms with Crippen molar-refractivity contribution in [3.8, 4) is 0 Å². The van der Waals surface area contributed by atoms with E-state index < -0.39 is 24.4 Å². The summed E-state index contributed by atoms with van der Waals surface area (Å²) < 4.78 is 11.0. The maximum atomic E-state index is 10.0. The zero-order valence-electron chi connectivity index (χ0n) is 19.4. The molecule has 0 radical (unpaired) electrons. The number of unbranched alkanes of at least 4 members (excludes halogenated alkanes) is 13. The molecule has 0 amide bonds. The molecule has 0 aromatic carbocycles. The summed E-state index contributed by atoms with van der Waals surface area (Å²) in [6.45, 7) is 2.61. The van der Waals surface area contributed by atoms with Gasteiger partial charge in [-0.15, -0.1) is 0 Å². The lowest BCUT2D eigenvalue weighted by Gasteiger charge is -2.37. The number of aliphatic hydroxyl groups is 3. The summed E-state index contributed by atoms with van der Waals surface area (Å²) in [5.41, 5.74) is 0. The average molecular weight is 429 g/mol. The minimum Gasteiger partial charge on any atom is -0.394 e. The molecule has 0 aromatic heterocycles. The molecule has 178 valence electrons. The van der Waals surface area contributed by atoms with Crippen LogP contribution in [-0.4, -0.2) is 59.6 Å². The molecule has 1 aliphatic rings. The number of ether oxygens (including phenoxy) is 2. The van der Waals surface area contributed by atoms with Crippen molar-refractivity contribution in [2.75, 3.05) is 19.8 Å². The van der Waals surface area contributed by atoms with Gasteiger partial charge in [0.05, 0.1) is 13.2 Å². The van der Waals surface area contributed by atoms with Gasteiger partial charge in [-0.05, 0) is 32.1 Å². The number of rotatable bonds is 19. The molecule has 0 bridgehead atoms. The van der Waals surface area contributed by atoms with Gasteiger partial charge in [-0.2, -0.15) is 0 Å². The Labute approximate surface area is 184 Å². The SMILES string of the molecule is CCCCCCCCCCCC/C=C/CCCCCO[C@H]1[C@H](O)[C@@H](O)CO[C@@H]1CO. The third-order valence-electron chi connectivity index (χ3n) is 5.97. The molecule has 1 heterocycles. The number of hydrogen-bond donors (Lipinski definition) is 3. The van der Waals surface area contributed by atoms with Crippen LogP contribution in [0.15, 0.2) is 12.2 Å². The van der Waals surface area contributed by atoms with Crippen LogP contribution in [0.2, 0.25) is 0 Å². The van der Waals surface area contributed by atoms with E-state index in [2.05, 4.69) is 19.1 Å². The smallest absolute Gasteiger partial charge is 0.114 e. The zero-order valence-corrected chi connectivity index (χ0v) is 19.4. The van der Waals surface area contributed by atoms with E-state index in [0.29, 0.717) is 6.61 Å². The molecule has 0 spiro atoms. The van der Waals surface area contributed by atoms with Crippen molar-refractivity contribution in [2.45, 2.75) is 128 Å². The molecule has 30 heavy (non-hydrogen) atoms. The molecule has 5 heteroatoms. The Bertz CT molecular complexity index is 399. The lowest BCUT2D eigenvalue weighted by molar-refractivity contribution is -0.211. The predicted molar refractivity (Wildman–Crippen MR) is 123 cm³/mol. The largest absolute Gasteiger partial charge is 0.394 e. The molecule has 0 aliphatic carbocycles. The van der Waals surface area contributed by atoms with Crippen molar-refractivity contribution in [1.82, 2.24) is 0 Å². The monoisotopic (exact) mass is 428 g/mol. The molecule has 0 unspecified atom stereocenters. The number of allylic oxidation sites excluding steroid dienone is 2. The van der Waals surface area contributed by atoms with E-state index in [1.165, 1.54) is 70.6 Å². The molecule has 1 aliphatic heterocycles. The van der Waals surface area contributed by atoms with E-state index in [9.17, 15) is 15.3 Å². The summed E-state index contributed by atoms with van der Waals surface area (Å²) in [7, 11) is 0. The van der Waals surface area contributed by atoms with Gasteiger partial charge in [0.25, 0.3) is 0 Å². The van der Waals surface area contributed by atoms with Gasteiger partial charge in [0.15, 0.2) is 0 Å². The maximum Gasteiger partial charge on any atom is 0.114 e. The molecular weight excluding hydrogens is 380 g/mol. The van der Waals surface area contributed by atoms with E-state index in [0.717, 1.165) is 25.7 Å². The van der Waals surface area contributed by atoms with Crippen LogP contribution in [0.25, 0.3) is 0 Å². The van der Waals surface area contributed by atoms with Gasteiger partial charge in [-0.1, -0.05) is 83.3 Å². The van der Waals surface area contributed by atoms with Gasteiger partial charge in [0.1, 0.15) is 24.4 Å². The highest BCUT2D eigenvalue weighted by molar-refractivity contribution is 4.87. The fourth-order valence-electron chi connectivity index (χ4n) is 3.96. The molecule has 0 aromatic rings. The fraction of sp³-hybridized carbons (Fsp3) is 0.920. The average Bonchev–Trinajstić information content (AvgIpc) is 2.75. The van der Waals surface area contributed by atoms with Gasteiger partial charge in [0.2, 0.25) is 0 Å². The van der Waals surface area contributed by atoms with Crippen LogP contribution in [0.4, 0.5) is 0 Å². The second-order valence-corrected chi connectivity index (χ2v) is 8.74. The standard InChI is InChI=1S/C25H48O5/c1-2-3-4-5-6-7-8-9-10-11-12-13-14-15-16-17-18-19-29-25-23(20-26)30-21-22(27)24(25)28/h13-14,22-28H,2-12,15-21H2,1H3/b14-13+/t22-,23+,24+,25+/m0/s1. The Balaban J connectivity index is 1.87. The van der Waals surface area contributed by atoms with Crippen molar-refractivity contribution in [1.29, 1.82) is 0 Å². The van der Waals surface area contributed by atoms with Crippen LogP contribution >= 0.6 is 0 Å². The molecule has 1 saturated heterocycles. The molecule has 4 atom stereocenters. The summed E-state index contributed by atoms with van der Waals surface area (Å²) in [5.74, 6) is 0. The second kappa shape index (κ2) is 19.2. The molecule has 1 rings (SSSR count). The first kappa shape index (κ1) is 27.6. The Kier molecular flexibility index (Phi) is 17.7. The molecule has 5 nitrogen and oxygen atoms in total. The van der Waals surface area contributed by atoms with Crippen LogP contribution in [-0.2, 0) is 9.47 Å². The quantitative estimate of drug-likeness (QED) is 0.201. The lowest BCUT2D eigenvalue weighted by atomic mass is 10.0.